The Morgan fingerprint density at radius 1 is 1.29 bits per heavy atom. The van der Waals surface area contributed by atoms with Gasteiger partial charge in [0.1, 0.15) is 11.4 Å². The summed E-state index contributed by atoms with van der Waals surface area (Å²) in [5.74, 6) is 0.668. The number of carbonyl (C=O) groups excluding carboxylic acids is 1. The van der Waals surface area contributed by atoms with E-state index in [0.717, 1.165) is 11.3 Å². The Balaban J connectivity index is 3.00. The zero-order valence-corrected chi connectivity index (χ0v) is 15.3. The second-order valence-electron chi connectivity index (χ2n) is 6.48. The lowest BCUT2D eigenvalue weighted by Crippen LogP contribution is -2.33. The molecule has 1 rings (SSSR count). The molecular weight excluding hydrogens is 308 g/mol. The molecule has 0 radical (unpaired) electrons. The highest BCUT2D eigenvalue weighted by Crippen LogP contribution is 2.39. The van der Waals surface area contributed by atoms with Crippen LogP contribution in [0.25, 0.3) is 0 Å². The van der Waals surface area contributed by atoms with Crippen LogP contribution in [-0.4, -0.2) is 30.5 Å². The Morgan fingerprint density at radius 3 is 2.42 bits per heavy atom. The Hall–Kier alpha value is -1.95. The number of para-hydroxylation sites is 1. The van der Waals surface area contributed by atoms with E-state index >= 15 is 0 Å². The summed E-state index contributed by atoms with van der Waals surface area (Å²) < 4.78 is 10.5. The van der Waals surface area contributed by atoms with Gasteiger partial charge in [-0.15, -0.1) is 0 Å². The lowest BCUT2D eigenvalue weighted by atomic mass is 9.87. The Morgan fingerprint density at radius 2 is 1.92 bits per heavy atom. The summed E-state index contributed by atoms with van der Waals surface area (Å²) in [6.45, 7) is 8.05. The molecule has 0 saturated carbocycles. The molecule has 24 heavy (non-hydrogen) atoms. The zero-order chi connectivity index (χ0) is 18.4. The number of hydrogen-bond donors (Lipinski definition) is 3. The van der Waals surface area contributed by atoms with Crippen LogP contribution in [0.4, 0.5) is 10.5 Å². The van der Waals surface area contributed by atoms with E-state index in [4.69, 9.17) is 15.2 Å². The van der Waals surface area contributed by atoms with Gasteiger partial charge in [-0.3, -0.25) is 0 Å². The van der Waals surface area contributed by atoms with E-state index in [2.05, 4.69) is 5.32 Å². The molecule has 0 aliphatic carbocycles. The first-order valence-electron chi connectivity index (χ1n) is 8.31. The molecule has 6 nitrogen and oxygen atoms in total. The maximum Gasteiger partial charge on any atom is 0.405 e. The van der Waals surface area contributed by atoms with Crippen LogP contribution in [0.15, 0.2) is 18.2 Å². The molecule has 0 bridgehead atoms. The Kier molecular flexibility index (Phi) is 6.90. The van der Waals surface area contributed by atoms with Gasteiger partial charge in [-0.05, 0) is 32.8 Å². The number of hydrogen-bond acceptors (Lipinski definition) is 5. The molecule has 0 fully saturated rings. The van der Waals surface area contributed by atoms with Crippen molar-refractivity contribution in [2.75, 3.05) is 19.0 Å². The number of nitrogens with two attached hydrogens (primary N) is 1. The highest BCUT2D eigenvalue weighted by Gasteiger charge is 2.29. The monoisotopic (exact) mass is 338 g/mol. The van der Waals surface area contributed by atoms with Crippen LogP contribution in [-0.2, 0) is 10.3 Å². The van der Waals surface area contributed by atoms with Crippen LogP contribution in [0.5, 0.6) is 5.75 Å². The first-order chi connectivity index (χ1) is 11.2. The molecule has 0 spiro atoms. The summed E-state index contributed by atoms with van der Waals surface area (Å²) in [5, 5.41) is 14.2. The molecule has 0 aliphatic heterocycles. The third-order valence-corrected chi connectivity index (χ3v) is 4.32. The third kappa shape index (κ3) is 5.03. The number of ether oxygens (including phenoxy) is 2. The molecule has 1 aromatic carbocycles. The minimum atomic E-state index is -0.921. The minimum absolute atomic E-state index is 0.539. The van der Waals surface area contributed by atoms with Crippen LogP contribution in [0.3, 0.4) is 0 Å². The zero-order valence-electron chi connectivity index (χ0n) is 15.3. The number of aliphatic hydroxyl groups is 1. The van der Waals surface area contributed by atoms with Gasteiger partial charge in [0.15, 0.2) is 0 Å². The van der Waals surface area contributed by atoms with E-state index in [-0.39, 0.29) is 0 Å². The molecule has 0 aliphatic rings. The molecule has 0 atom stereocenters. The number of carbonyl (C=O) groups is 1. The van der Waals surface area contributed by atoms with Crippen molar-refractivity contribution in [3.8, 4) is 5.75 Å². The van der Waals surface area contributed by atoms with E-state index in [1.54, 1.807) is 21.0 Å². The van der Waals surface area contributed by atoms with Crippen LogP contribution in [0, 0.1) is 0 Å². The van der Waals surface area contributed by atoms with Gasteiger partial charge in [0, 0.05) is 18.5 Å². The van der Waals surface area contributed by atoms with Crippen LogP contribution < -0.4 is 15.8 Å². The fourth-order valence-electron chi connectivity index (χ4n) is 2.71. The molecule has 136 valence electrons. The summed E-state index contributed by atoms with van der Waals surface area (Å²) in [5.41, 5.74) is 5.07. The lowest BCUT2D eigenvalue weighted by molar-refractivity contribution is 0.0288. The van der Waals surface area contributed by atoms with Crippen molar-refractivity contribution < 1.29 is 19.4 Å². The summed E-state index contributed by atoms with van der Waals surface area (Å²) in [6.07, 6.45) is 0.970. The van der Waals surface area contributed by atoms with Crippen molar-refractivity contribution >= 4 is 11.8 Å². The molecule has 0 heterocycles. The van der Waals surface area contributed by atoms with E-state index < -0.39 is 17.3 Å². The van der Waals surface area contributed by atoms with Crippen molar-refractivity contribution in [3.63, 3.8) is 0 Å². The molecule has 0 saturated heterocycles. The summed E-state index contributed by atoms with van der Waals surface area (Å²) >= 11 is 0. The highest BCUT2D eigenvalue weighted by molar-refractivity contribution is 5.65. The smallest absolute Gasteiger partial charge is 0.405 e. The number of amides is 1. The van der Waals surface area contributed by atoms with Gasteiger partial charge in [0.05, 0.1) is 18.4 Å². The minimum Gasteiger partial charge on any atom is -0.495 e. The highest BCUT2D eigenvalue weighted by atomic mass is 16.6. The SMILES string of the molecule is CCC(O)(CC)c1cccc(OC)c1NCCC(C)(C)OC(N)=O. The van der Waals surface area contributed by atoms with Crippen LogP contribution in [0.2, 0.25) is 0 Å². The quantitative estimate of drug-likeness (QED) is 0.642. The van der Waals surface area contributed by atoms with Crippen LogP contribution in [0.1, 0.15) is 52.5 Å². The fraction of sp³-hybridized carbons (Fsp3) is 0.611. The standard InChI is InChI=1S/C18H30N2O4/c1-6-18(22,7-2)13-9-8-10-14(23-5)15(13)20-12-11-17(3,4)24-16(19)21/h8-10,20,22H,6-7,11-12H2,1-5H3,(H2,19,21). The maximum atomic E-state index is 10.9. The summed E-state index contributed by atoms with van der Waals surface area (Å²) in [4.78, 5) is 10.9. The molecule has 1 aromatic rings. The van der Waals surface area contributed by atoms with Crippen molar-refractivity contribution in [2.45, 2.75) is 58.2 Å². The van der Waals surface area contributed by atoms with E-state index in [1.807, 2.05) is 32.0 Å². The van der Waals surface area contributed by atoms with Crippen molar-refractivity contribution in [1.82, 2.24) is 0 Å². The Labute approximate surface area is 144 Å². The Bertz CT molecular complexity index is 554. The van der Waals surface area contributed by atoms with Gasteiger partial charge >= 0.3 is 6.09 Å². The second kappa shape index (κ2) is 8.24. The first kappa shape index (κ1) is 20.1. The first-order valence-corrected chi connectivity index (χ1v) is 8.31. The van der Waals surface area contributed by atoms with Crippen LogP contribution >= 0.6 is 0 Å². The molecule has 4 N–H and O–H groups in total. The third-order valence-electron chi connectivity index (χ3n) is 4.32. The largest absolute Gasteiger partial charge is 0.495 e. The predicted octanol–water partition coefficient (Wildman–Crippen LogP) is 3.38. The van der Waals surface area contributed by atoms with Crippen molar-refractivity contribution in [1.29, 1.82) is 0 Å². The lowest BCUT2D eigenvalue weighted by Gasteiger charge is -2.30. The molecular formula is C18H30N2O4. The number of rotatable bonds is 9. The van der Waals surface area contributed by atoms with Gasteiger partial charge < -0.3 is 25.6 Å². The molecule has 0 aromatic heterocycles. The van der Waals surface area contributed by atoms with Gasteiger partial charge in [-0.2, -0.15) is 0 Å². The van der Waals surface area contributed by atoms with Crippen molar-refractivity contribution in [3.05, 3.63) is 23.8 Å². The number of anilines is 1. The molecule has 6 heteroatoms. The van der Waals surface area contributed by atoms with Gasteiger partial charge in [-0.1, -0.05) is 26.0 Å². The van der Waals surface area contributed by atoms with Gasteiger partial charge in [0.25, 0.3) is 0 Å². The average molecular weight is 338 g/mol. The summed E-state index contributed by atoms with van der Waals surface area (Å²) in [6, 6.07) is 5.63. The van der Waals surface area contributed by atoms with Gasteiger partial charge in [-0.25, -0.2) is 4.79 Å². The summed E-state index contributed by atoms with van der Waals surface area (Å²) in [7, 11) is 1.60. The van der Waals surface area contributed by atoms with E-state index in [0.29, 0.717) is 31.6 Å². The predicted molar refractivity (Wildman–Crippen MR) is 95.3 cm³/mol. The van der Waals surface area contributed by atoms with E-state index in [9.17, 15) is 9.90 Å². The fourth-order valence-corrected chi connectivity index (χ4v) is 2.71. The normalized spacial score (nSPS) is 11.9. The van der Waals surface area contributed by atoms with Gasteiger partial charge in [0.2, 0.25) is 0 Å². The maximum absolute atomic E-state index is 10.9. The molecule has 0 unspecified atom stereocenters. The topological polar surface area (TPSA) is 93.8 Å². The number of nitrogens with one attached hydrogen (secondary N) is 1. The number of methoxy groups -OCH3 is 1. The number of benzene rings is 1. The second-order valence-corrected chi connectivity index (χ2v) is 6.48. The van der Waals surface area contributed by atoms with Crippen molar-refractivity contribution in [2.24, 2.45) is 5.73 Å². The van der Waals surface area contributed by atoms with E-state index in [1.165, 1.54) is 0 Å². The average Bonchev–Trinajstić information content (AvgIpc) is 2.52. The molecule has 1 amide bonds. The number of primary amides is 1.